The van der Waals surface area contributed by atoms with E-state index in [9.17, 15) is 24.8 Å². The first-order valence-corrected chi connectivity index (χ1v) is 10.4. The maximum atomic E-state index is 12.9. The highest BCUT2D eigenvalue weighted by Gasteiger charge is 2.16. The minimum atomic E-state index is -0.730. The van der Waals surface area contributed by atoms with Crippen LogP contribution in [0.2, 0.25) is 0 Å². The molecule has 0 saturated carbocycles. The fourth-order valence-corrected chi connectivity index (χ4v) is 3.00. The van der Waals surface area contributed by atoms with Crippen LogP contribution in [0.25, 0.3) is 6.08 Å². The molecule has 10 nitrogen and oxygen atoms in total. The number of phenols is 1. The van der Waals surface area contributed by atoms with Crippen LogP contribution in [0, 0.1) is 10.1 Å². The molecule has 0 aliphatic heterocycles. The Morgan fingerprint density at radius 1 is 1.00 bits per heavy atom. The number of aromatic hydroxyl groups is 1. The van der Waals surface area contributed by atoms with Crippen molar-refractivity contribution in [3.05, 3.63) is 105 Å². The molecule has 35 heavy (non-hydrogen) atoms. The van der Waals surface area contributed by atoms with E-state index >= 15 is 0 Å². The highest BCUT2D eigenvalue weighted by molar-refractivity contribution is 6.05. The monoisotopic (exact) mass is 473 g/mol. The van der Waals surface area contributed by atoms with Gasteiger partial charge in [0.2, 0.25) is 5.75 Å². The minimum Gasteiger partial charge on any atom is -0.502 e. The molecule has 0 aliphatic rings. The van der Waals surface area contributed by atoms with E-state index in [1.807, 2.05) is 31.1 Å². The molecule has 0 aromatic heterocycles. The summed E-state index contributed by atoms with van der Waals surface area (Å²) in [5, 5.41) is 27.4. The summed E-state index contributed by atoms with van der Waals surface area (Å²) in [6.45, 7) is 0. The highest BCUT2D eigenvalue weighted by atomic mass is 16.6. The first kappa shape index (κ1) is 24.6. The summed E-state index contributed by atoms with van der Waals surface area (Å²) in [5.74, 6) is -1.80. The van der Waals surface area contributed by atoms with E-state index in [1.165, 1.54) is 18.2 Å². The third-order valence-corrected chi connectivity index (χ3v) is 4.86. The molecule has 178 valence electrons. The summed E-state index contributed by atoms with van der Waals surface area (Å²) in [7, 11) is 3.81. The van der Waals surface area contributed by atoms with Crippen LogP contribution in [0.15, 0.2) is 83.6 Å². The van der Waals surface area contributed by atoms with E-state index in [2.05, 4.69) is 15.8 Å². The third kappa shape index (κ3) is 6.51. The summed E-state index contributed by atoms with van der Waals surface area (Å²) in [4.78, 5) is 37.7. The first-order chi connectivity index (χ1) is 16.8. The molecule has 3 N–H and O–H groups in total. The quantitative estimate of drug-likeness (QED) is 0.199. The number of nitro groups is 1. The van der Waals surface area contributed by atoms with Crippen molar-refractivity contribution >= 4 is 35.5 Å². The maximum absolute atomic E-state index is 12.9. The van der Waals surface area contributed by atoms with Crippen LogP contribution in [-0.2, 0) is 4.79 Å². The lowest BCUT2D eigenvalue weighted by Crippen LogP contribution is -2.32. The molecule has 0 spiro atoms. The molecule has 0 heterocycles. The van der Waals surface area contributed by atoms with Gasteiger partial charge in [-0.25, -0.2) is 5.43 Å². The Kier molecular flexibility index (Phi) is 7.91. The van der Waals surface area contributed by atoms with Gasteiger partial charge in [-0.3, -0.25) is 19.7 Å². The maximum Gasteiger partial charge on any atom is 0.311 e. The lowest BCUT2D eigenvalue weighted by molar-refractivity contribution is -0.385. The number of carbonyl (C=O) groups excluding carboxylic acids is 2. The molecule has 0 atom stereocenters. The highest BCUT2D eigenvalue weighted by Crippen LogP contribution is 2.27. The lowest BCUT2D eigenvalue weighted by Gasteiger charge is -2.12. The number of hydrogen-bond acceptors (Lipinski definition) is 7. The van der Waals surface area contributed by atoms with E-state index in [-0.39, 0.29) is 11.3 Å². The van der Waals surface area contributed by atoms with Crippen LogP contribution in [0.1, 0.15) is 21.5 Å². The number of para-hydroxylation sites is 1. The van der Waals surface area contributed by atoms with Gasteiger partial charge in [-0.1, -0.05) is 36.4 Å². The van der Waals surface area contributed by atoms with Crippen LogP contribution in [0.3, 0.4) is 0 Å². The first-order valence-electron chi connectivity index (χ1n) is 10.4. The predicted molar refractivity (Wildman–Crippen MR) is 133 cm³/mol. The number of phenolic OH excluding ortho intramolecular Hbond substituents is 1. The summed E-state index contributed by atoms with van der Waals surface area (Å²) in [6.07, 6.45) is 2.57. The molecule has 3 aromatic rings. The van der Waals surface area contributed by atoms with Crippen molar-refractivity contribution in [1.29, 1.82) is 0 Å². The van der Waals surface area contributed by atoms with Crippen molar-refractivity contribution in [3.8, 4) is 5.75 Å². The van der Waals surface area contributed by atoms with Crippen LogP contribution in [-0.4, -0.2) is 42.2 Å². The van der Waals surface area contributed by atoms with E-state index in [0.29, 0.717) is 11.1 Å². The Morgan fingerprint density at radius 2 is 1.69 bits per heavy atom. The topological polar surface area (TPSA) is 137 Å². The van der Waals surface area contributed by atoms with Crippen LogP contribution < -0.4 is 15.6 Å². The number of nitro benzene ring substituents is 1. The van der Waals surface area contributed by atoms with Gasteiger partial charge in [-0.05, 0) is 42.0 Å². The smallest absolute Gasteiger partial charge is 0.311 e. The third-order valence-electron chi connectivity index (χ3n) is 4.86. The zero-order valence-electron chi connectivity index (χ0n) is 19.0. The van der Waals surface area contributed by atoms with E-state index in [1.54, 1.807) is 42.5 Å². The predicted octanol–water partition coefficient (Wildman–Crippen LogP) is 3.29. The van der Waals surface area contributed by atoms with Crippen molar-refractivity contribution in [2.45, 2.75) is 0 Å². The van der Waals surface area contributed by atoms with Crippen molar-refractivity contribution < 1.29 is 19.6 Å². The summed E-state index contributed by atoms with van der Waals surface area (Å²) in [6, 6.07) is 19.6. The molecule has 3 aromatic carbocycles. The number of hydrazone groups is 1. The summed E-state index contributed by atoms with van der Waals surface area (Å²) >= 11 is 0. The number of nitrogens with one attached hydrogen (secondary N) is 2. The molecular formula is C25H23N5O5. The Balaban J connectivity index is 1.84. The van der Waals surface area contributed by atoms with Crippen molar-refractivity contribution in [1.82, 2.24) is 10.7 Å². The molecule has 0 saturated heterocycles. The van der Waals surface area contributed by atoms with Gasteiger partial charge >= 0.3 is 5.69 Å². The minimum absolute atomic E-state index is 0.0395. The molecule has 0 fully saturated rings. The fraction of sp³-hybridized carbons (Fsp3) is 0.0800. The second-order valence-electron chi connectivity index (χ2n) is 7.54. The number of rotatable bonds is 8. The number of nitrogens with zero attached hydrogens (tertiary/aromatic N) is 3. The molecule has 10 heteroatoms. The molecule has 0 unspecified atom stereocenters. The lowest BCUT2D eigenvalue weighted by atomic mass is 10.1. The number of anilines is 1. The molecule has 0 aliphatic carbocycles. The zero-order chi connectivity index (χ0) is 25.4. The van der Waals surface area contributed by atoms with Crippen molar-refractivity contribution in [2.24, 2.45) is 5.10 Å². The number of amides is 2. The van der Waals surface area contributed by atoms with Gasteiger partial charge in [0, 0.05) is 37.0 Å². The second kappa shape index (κ2) is 11.2. The van der Waals surface area contributed by atoms with Crippen LogP contribution in [0.4, 0.5) is 11.4 Å². The van der Waals surface area contributed by atoms with Gasteiger partial charge in [0.05, 0.1) is 11.1 Å². The van der Waals surface area contributed by atoms with Gasteiger partial charge in [0.25, 0.3) is 11.8 Å². The van der Waals surface area contributed by atoms with Crippen LogP contribution in [0.5, 0.6) is 5.75 Å². The van der Waals surface area contributed by atoms with E-state index in [4.69, 9.17) is 0 Å². The standard InChI is InChI=1S/C25H23N5O5/c1-29(2)20-13-11-17(12-14-20)15-21(27-24(32)18-7-4-3-5-8-18)25(33)28-26-16-19-9-6-10-22(23(19)31)30(34)35/h3-16,31H,1-2H3,(H,27,32)(H,28,33)/b21-15?,26-16+. The van der Waals surface area contributed by atoms with E-state index < -0.39 is 28.2 Å². The average Bonchev–Trinajstić information content (AvgIpc) is 2.85. The Hall–Kier alpha value is -4.99. The number of benzene rings is 3. The Morgan fingerprint density at radius 3 is 2.31 bits per heavy atom. The largest absolute Gasteiger partial charge is 0.502 e. The second-order valence-corrected chi connectivity index (χ2v) is 7.54. The summed E-state index contributed by atoms with van der Waals surface area (Å²) < 4.78 is 0. The molecule has 0 radical (unpaired) electrons. The Bertz CT molecular complexity index is 1290. The van der Waals surface area contributed by atoms with Gasteiger partial charge in [0.1, 0.15) is 5.70 Å². The fourth-order valence-electron chi connectivity index (χ4n) is 3.00. The Labute approximate surface area is 201 Å². The SMILES string of the molecule is CN(C)c1ccc(C=C(NC(=O)c2ccccc2)C(=O)N/N=C/c2cccc([N+](=O)[O-])c2O)cc1. The number of hydrogen-bond donors (Lipinski definition) is 3. The molecule has 3 rings (SSSR count). The molecule has 0 bridgehead atoms. The molecule has 2 amide bonds. The average molecular weight is 473 g/mol. The van der Waals surface area contributed by atoms with Crippen molar-refractivity contribution in [3.63, 3.8) is 0 Å². The van der Waals surface area contributed by atoms with E-state index in [0.717, 1.165) is 18.0 Å². The van der Waals surface area contributed by atoms with Gasteiger partial charge in [-0.2, -0.15) is 5.10 Å². The molecular weight excluding hydrogens is 450 g/mol. The van der Waals surface area contributed by atoms with Gasteiger partial charge < -0.3 is 15.3 Å². The zero-order valence-corrected chi connectivity index (χ0v) is 19.0. The normalized spacial score (nSPS) is 11.2. The van der Waals surface area contributed by atoms with Gasteiger partial charge in [-0.15, -0.1) is 0 Å². The van der Waals surface area contributed by atoms with Gasteiger partial charge in [0.15, 0.2) is 0 Å². The van der Waals surface area contributed by atoms with Crippen molar-refractivity contribution in [2.75, 3.05) is 19.0 Å². The summed E-state index contributed by atoms with van der Waals surface area (Å²) in [5.41, 5.74) is 3.73. The van der Waals surface area contributed by atoms with Crippen LogP contribution >= 0.6 is 0 Å². The number of carbonyl (C=O) groups is 2.